The number of nitrogens with one attached hydrogen (secondary N) is 1. The average Bonchev–Trinajstić information content (AvgIpc) is 3.24. The second kappa shape index (κ2) is 8.95. The lowest BCUT2D eigenvalue weighted by molar-refractivity contribution is -0.144. The van der Waals surface area contributed by atoms with Gasteiger partial charge in [-0.15, -0.1) is 0 Å². The Bertz CT molecular complexity index is 1020. The summed E-state index contributed by atoms with van der Waals surface area (Å²) in [6, 6.07) is 12.3. The maximum Gasteiger partial charge on any atom is 0.324 e. The molecule has 2 atom stereocenters. The zero-order valence-corrected chi connectivity index (χ0v) is 17.7. The van der Waals surface area contributed by atoms with Crippen LogP contribution in [0.5, 0.6) is 0 Å². The Morgan fingerprint density at radius 1 is 1.10 bits per heavy atom. The molecule has 0 saturated carbocycles. The molecule has 0 aliphatic carbocycles. The van der Waals surface area contributed by atoms with Crippen LogP contribution in [0, 0.1) is 0 Å². The van der Waals surface area contributed by atoms with Gasteiger partial charge >= 0.3 is 5.97 Å². The number of hydrogen-bond donors (Lipinski definition) is 2. The molecule has 8 nitrogen and oxygen atoms in total. The number of carbonyl (C=O) groups excluding carboxylic acids is 2. The van der Waals surface area contributed by atoms with Gasteiger partial charge in [-0.05, 0) is 55.2 Å². The molecule has 160 valence electrons. The number of esters is 1. The molecule has 3 rings (SSSR count). The van der Waals surface area contributed by atoms with E-state index in [1.165, 1.54) is 23.5 Å². The first-order valence-electron chi connectivity index (χ1n) is 9.60. The highest BCUT2D eigenvalue weighted by molar-refractivity contribution is 7.89. The fourth-order valence-electron chi connectivity index (χ4n) is 3.36. The fraction of sp³-hybridized carbons (Fsp3) is 0.333. The van der Waals surface area contributed by atoms with Crippen molar-refractivity contribution in [2.75, 3.05) is 19.0 Å². The quantitative estimate of drug-likeness (QED) is 0.675. The van der Waals surface area contributed by atoms with Crippen molar-refractivity contribution in [3.8, 4) is 11.1 Å². The van der Waals surface area contributed by atoms with Crippen LogP contribution in [0.1, 0.15) is 19.8 Å². The summed E-state index contributed by atoms with van der Waals surface area (Å²) in [6.07, 6.45) is 1.07. The number of methoxy groups -OCH3 is 1. The van der Waals surface area contributed by atoms with Crippen molar-refractivity contribution in [2.45, 2.75) is 36.7 Å². The summed E-state index contributed by atoms with van der Waals surface area (Å²) in [5.74, 6) is -0.812. The molecular formula is C21H25N3O5S. The Morgan fingerprint density at radius 3 is 2.20 bits per heavy atom. The monoisotopic (exact) mass is 431 g/mol. The van der Waals surface area contributed by atoms with E-state index in [-0.39, 0.29) is 10.8 Å². The molecule has 2 aromatic rings. The summed E-state index contributed by atoms with van der Waals surface area (Å²) in [4.78, 5) is 23.7. The molecule has 1 heterocycles. The van der Waals surface area contributed by atoms with Gasteiger partial charge in [0.2, 0.25) is 15.9 Å². The van der Waals surface area contributed by atoms with Crippen LogP contribution in [-0.4, -0.2) is 50.3 Å². The molecule has 1 amide bonds. The molecule has 0 bridgehead atoms. The molecule has 0 unspecified atom stereocenters. The molecule has 0 spiro atoms. The lowest BCUT2D eigenvalue weighted by Gasteiger charge is -2.22. The maximum atomic E-state index is 13.0. The van der Waals surface area contributed by atoms with Crippen molar-refractivity contribution >= 4 is 27.6 Å². The number of nitrogens with zero attached hydrogens (tertiary/aromatic N) is 1. The first kappa shape index (κ1) is 21.9. The van der Waals surface area contributed by atoms with Gasteiger partial charge in [0.15, 0.2) is 0 Å². The zero-order valence-electron chi connectivity index (χ0n) is 16.9. The van der Waals surface area contributed by atoms with Gasteiger partial charge in [0, 0.05) is 12.2 Å². The second-order valence-electron chi connectivity index (χ2n) is 7.18. The van der Waals surface area contributed by atoms with E-state index in [0.29, 0.717) is 25.1 Å². The minimum atomic E-state index is -3.80. The summed E-state index contributed by atoms with van der Waals surface area (Å²) >= 11 is 0. The standard InChI is InChI=1S/C21H25N3O5S/c1-14(22)20(25)23-17-9-5-15(6-10-17)16-7-11-18(12-8-16)30(27,28)24-13-3-4-19(24)21(26)29-2/h5-12,14,19H,3-4,13,22H2,1-2H3,(H,23,25)/t14-,19-/m0/s1. The van der Waals surface area contributed by atoms with Crippen molar-refractivity contribution in [3.63, 3.8) is 0 Å². The third-order valence-electron chi connectivity index (χ3n) is 5.04. The Labute approximate surface area is 176 Å². The molecular weight excluding hydrogens is 406 g/mol. The number of ether oxygens (including phenoxy) is 1. The van der Waals surface area contributed by atoms with E-state index in [4.69, 9.17) is 10.5 Å². The van der Waals surface area contributed by atoms with Crippen LogP contribution in [0.3, 0.4) is 0 Å². The predicted octanol–water partition coefficient (Wildman–Crippen LogP) is 1.97. The number of amides is 1. The van der Waals surface area contributed by atoms with E-state index in [1.807, 2.05) is 12.1 Å². The van der Waals surface area contributed by atoms with Crippen LogP contribution in [0.2, 0.25) is 0 Å². The highest BCUT2D eigenvalue weighted by Crippen LogP contribution is 2.29. The minimum absolute atomic E-state index is 0.128. The van der Waals surface area contributed by atoms with Crippen LogP contribution in [0.4, 0.5) is 5.69 Å². The van der Waals surface area contributed by atoms with Gasteiger partial charge < -0.3 is 15.8 Å². The van der Waals surface area contributed by atoms with E-state index in [9.17, 15) is 18.0 Å². The highest BCUT2D eigenvalue weighted by Gasteiger charge is 2.40. The smallest absolute Gasteiger partial charge is 0.324 e. The third kappa shape index (κ3) is 4.53. The van der Waals surface area contributed by atoms with Gasteiger partial charge in [0.25, 0.3) is 0 Å². The summed E-state index contributed by atoms with van der Waals surface area (Å²) in [5, 5.41) is 2.71. The number of sulfonamides is 1. The highest BCUT2D eigenvalue weighted by atomic mass is 32.2. The van der Waals surface area contributed by atoms with Crippen LogP contribution < -0.4 is 11.1 Å². The second-order valence-corrected chi connectivity index (χ2v) is 9.07. The molecule has 1 fully saturated rings. The Balaban J connectivity index is 1.77. The molecule has 0 radical (unpaired) electrons. The van der Waals surface area contributed by atoms with Crippen LogP contribution >= 0.6 is 0 Å². The van der Waals surface area contributed by atoms with Crippen LogP contribution in [-0.2, 0) is 24.3 Å². The first-order valence-corrected chi connectivity index (χ1v) is 11.0. The largest absolute Gasteiger partial charge is 0.468 e. The first-order chi connectivity index (χ1) is 14.2. The number of rotatable bonds is 6. The van der Waals surface area contributed by atoms with E-state index in [1.54, 1.807) is 31.2 Å². The van der Waals surface area contributed by atoms with Gasteiger partial charge in [-0.1, -0.05) is 24.3 Å². The topological polar surface area (TPSA) is 119 Å². The van der Waals surface area contributed by atoms with Gasteiger partial charge in [-0.25, -0.2) is 8.42 Å². The molecule has 30 heavy (non-hydrogen) atoms. The minimum Gasteiger partial charge on any atom is -0.468 e. The van der Waals surface area contributed by atoms with Gasteiger partial charge in [-0.3, -0.25) is 9.59 Å². The molecule has 0 aromatic heterocycles. The summed E-state index contributed by atoms with van der Waals surface area (Å²) in [6.45, 7) is 1.90. The fourth-order valence-corrected chi connectivity index (χ4v) is 5.00. The molecule has 9 heteroatoms. The Hall–Kier alpha value is -2.75. The number of benzene rings is 2. The normalized spacial score (nSPS) is 18.0. The molecule has 1 aliphatic rings. The van der Waals surface area contributed by atoms with E-state index < -0.39 is 28.1 Å². The molecule has 1 saturated heterocycles. The Kier molecular flexibility index (Phi) is 6.55. The lowest BCUT2D eigenvalue weighted by Crippen LogP contribution is -2.40. The number of hydrogen-bond acceptors (Lipinski definition) is 6. The Morgan fingerprint density at radius 2 is 1.67 bits per heavy atom. The van der Waals surface area contributed by atoms with Gasteiger partial charge in [0.05, 0.1) is 18.0 Å². The van der Waals surface area contributed by atoms with E-state index in [0.717, 1.165) is 11.1 Å². The van der Waals surface area contributed by atoms with E-state index >= 15 is 0 Å². The zero-order chi connectivity index (χ0) is 21.9. The van der Waals surface area contributed by atoms with Crippen molar-refractivity contribution in [2.24, 2.45) is 5.73 Å². The summed E-state index contributed by atoms with van der Waals surface area (Å²) < 4.78 is 31.9. The van der Waals surface area contributed by atoms with Crippen molar-refractivity contribution < 1.29 is 22.7 Å². The lowest BCUT2D eigenvalue weighted by atomic mass is 10.1. The number of nitrogens with two attached hydrogens (primary N) is 1. The average molecular weight is 432 g/mol. The van der Waals surface area contributed by atoms with Crippen molar-refractivity contribution in [3.05, 3.63) is 48.5 Å². The van der Waals surface area contributed by atoms with Crippen LogP contribution in [0.25, 0.3) is 11.1 Å². The predicted molar refractivity (Wildman–Crippen MR) is 113 cm³/mol. The maximum absolute atomic E-state index is 13.0. The van der Waals surface area contributed by atoms with E-state index in [2.05, 4.69) is 5.32 Å². The molecule has 1 aliphatic heterocycles. The SMILES string of the molecule is COC(=O)[C@@H]1CCCN1S(=O)(=O)c1ccc(-c2ccc(NC(=O)[C@H](C)N)cc2)cc1. The summed E-state index contributed by atoms with van der Waals surface area (Å²) in [5.41, 5.74) is 7.86. The van der Waals surface area contributed by atoms with Gasteiger partial charge in [0.1, 0.15) is 6.04 Å². The van der Waals surface area contributed by atoms with Crippen molar-refractivity contribution in [1.29, 1.82) is 0 Å². The third-order valence-corrected chi connectivity index (χ3v) is 6.96. The molecule has 2 aromatic carbocycles. The summed E-state index contributed by atoms with van der Waals surface area (Å²) in [7, 11) is -2.54. The van der Waals surface area contributed by atoms with Crippen LogP contribution in [0.15, 0.2) is 53.4 Å². The van der Waals surface area contributed by atoms with Crippen molar-refractivity contribution in [1.82, 2.24) is 4.31 Å². The van der Waals surface area contributed by atoms with Gasteiger partial charge in [-0.2, -0.15) is 4.31 Å². The number of carbonyl (C=O) groups is 2. The molecule has 3 N–H and O–H groups in total. The number of anilines is 1.